The third kappa shape index (κ3) is 4.84. The molecule has 1 atom stereocenters. The minimum atomic E-state index is -1.26. The average Bonchev–Trinajstić information content (AvgIpc) is 2.76. The molecule has 2 N–H and O–H groups in total. The number of carbonyl (C=O) groups excluding carboxylic acids is 4. The fourth-order valence-electron chi connectivity index (χ4n) is 2.70. The summed E-state index contributed by atoms with van der Waals surface area (Å²) in [4.78, 5) is 49.4. The molecule has 8 heteroatoms. The highest BCUT2D eigenvalue weighted by Crippen LogP contribution is 2.28. The van der Waals surface area contributed by atoms with E-state index in [0.29, 0.717) is 5.56 Å². The number of benzene rings is 1. The zero-order valence-corrected chi connectivity index (χ0v) is 16.2. The van der Waals surface area contributed by atoms with E-state index in [2.05, 4.69) is 10.6 Å². The van der Waals surface area contributed by atoms with Crippen molar-refractivity contribution in [3.8, 4) is 0 Å². The molecule has 4 amide bonds. The normalized spacial score (nSPS) is 19.7. The van der Waals surface area contributed by atoms with Crippen molar-refractivity contribution in [3.63, 3.8) is 0 Å². The van der Waals surface area contributed by atoms with Crippen LogP contribution in [0.3, 0.4) is 0 Å². The molecule has 1 fully saturated rings. The Kier molecular flexibility index (Phi) is 5.58. The molecule has 27 heavy (non-hydrogen) atoms. The Morgan fingerprint density at radius 1 is 1.19 bits per heavy atom. The van der Waals surface area contributed by atoms with Crippen LogP contribution in [0.25, 0.3) is 0 Å². The molecule has 1 heterocycles. The van der Waals surface area contributed by atoms with Gasteiger partial charge in [0.05, 0.1) is 0 Å². The lowest BCUT2D eigenvalue weighted by Gasteiger charge is -2.22. The number of esters is 1. The van der Waals surface area contributed by atoms with Gasteiger partial charge in [-0.2, -0.15) is 0 Å². The highest BCUT2D eigenvalue weighted by atomic mass is 16.5. The van der Waals surface area contributed by atoms with Crippen molar-refractivity contribution in [2.75, 3.05) is 13.2 Å². The van der Waals surface area contributed by atoms with E-state index in [1.807, 2.05) is 19.1 Å². The molecule has 1 aromatic rings. The van der Waals surface area contributed by atoms with Gasteiger partial charge in [0.1, 0.15) is 12.1 Å². The highest BCUT2D eigenvalue weighted by molar-refractivity contribution is 6.08. The van der Waals surface area contributed by atoms with Crippen molar-refractivity contribution in [2.45, 2.75) is 45.7 Å². The second kappa shape index (κ2) is 7.38. The van der Waals surface area contributed by atoms with Crippen LogP contribution in [-0.2, 0) is 24.7 Å². The van der Waals surface area contributed by atoms with Crippen LogP contribution in [0.4, 0.5) is 4.79 Å². The van der Waals surface area contributed by atoms with Gasteiger partial charge in [0.25, 0.3) is 11.8 Å². The van der Waals surface area contributed by atoms with Crippen LogP contribution in [0.5, 0.6) is 0 Å². The van der Waals surface area contributed by atoms with E-state index in [1.165, 1.54) is 0 Å². The van der Waals surface area contributed by atoms with Gasteiger partial charge < -0.3 is 15.4 Å². The van der Waals surface area contributed by atoms with Crippen molar-refractivity contribution >= 4 is 23.8 Å². The van der Waals surface area contributed by atoms with Gasteiger partial charge in [0, 0.05) is 5.54 Å². The summed E-state index contributed by atoms with van der Waals surface area (Å²) in [5.41, 5.74) is -0.0707. The van der Waals surface area contributed by atoms with E-state index in [1.54, 1.807) is 39.8 Å². The molecule has 8 nitrogen and oxygen atoms in total. The molecule has 0 saturated carbocycles. The van der Waals surface area contributed by atoms with Gasteiger partial charge in [-0.05, 0) is 40.2 Å². The molecule has 1 aromatic carbocycles. The number of amides is 4. The number of hydrogen-bond acceptors (Lipinski definition) is 5. The van der Waals surface area contributed by atoms with Gasteiger partial charge in [-0.25, -0.2) is 4.79 Å². The highest BCUT2D eigenvalue weighted by Gasteiger charge is 2.49. The average molecular weight is 375 g/mol. The van der Waals surface area contributed by atoms with Gasteiger partial charge in [-0.1, -0.05) is 29.8 Å². The van der Waals surface area contributed by atoms with Gasteiger partial charge in [0.2, 0.25) is 0 Å². The Morgan fingerprint density at radius 2 is 1.78 bits per heavy atom. The maximum Gasteiger partial charge on any atom is 0.326 e. The number of rotatable bonds is 5. The zero-order valence-electron chi connectivity index (χ0n) is 16.2. The first-order chi connectivity index (χ1) is 12.4. The van der Waals surface area contributed by atoms with Gasteiger partial charge >= 0.3 is 12.0 Å². The van der Waals surface area contributed by atoms with E-state index in [-0.39, 0.29) is 0 Å². The van der Waals surface area contributed by atoms with E-state index in [9.17, 15) is 19.2 Å². The second-order valence-electron chi connectivity index (χ2n) is 7.77. The Morgan fingerprint density at radius 3 is 2.33 bits per heavy atom. The third-order valence-electron chi connectivity index (χ3n) is 4.07. The maximum atomic E-state index is 12.7. The summed E-state index contributed by atoms with van der Waals surface area (Å²) in [5.74, 6) is -1.85. The standard InChI is InChI=1S/C19H25N3O5/c1-12-6-8-13(9-7-12)19(5)16(25)22(17(26)21-19)10-15(24)27-11-14(23)20-18(2,3)4/h6-9H,10-11H2,1-5H3,(H,20,23)(H,21,26)/t19-/m1/s1. The lowest BCUT2D eigenvalue weighted by atomic mass is 9.91. The first kappa shape index (κ1) is 20.4. The van der Waals surface area contributed by atoms with Crippen LogP contribution in [0, 0.1) is 6.92 Å². The van der Waals surface area contributed by atoms with Crippen molar-refractivity contribution in [2.24, 2.45) is 0 Å². The number of hydrogen-bond donors (Lipinski definition) is 2. The number of nitrogens with one attached hydrogen (secondary N) is 2. The van der Waals surface area contributed by atoms with Crippen molar-refractivity contribution in [3.05, 3.63) is 35.4 Å². The Bertz CT molecular complexity index is 767. The molecule has 0 unspecified atom stereocenters. The number of aryl methyl sites for hydroxylation is 1. The van der Waals surface area contributed by atoms with Gasteiger partial charge in [0.15, 0.2) is 6.61 Å². The molecule has 1 aliphatic rings. The number of ether oxygens (including phenoxy) is 1. The maximum absolute atomic E-state index is 12.7. The number of urea groups is 1. The molecule has 0 aromatic heterocycles. The van der Waals surface area contributed by atoms with E-state index >= 15 is 0 Å². The fourth-order valence-corrected chi connectivity index (χ4v) is 2.70. The van der Waals surface area contributed by atoms with E-state index in [0.717, 1.165) is 10.5 Å². The number of imide groups is 1. The predicted octanol–water partition coefficient (Wildman–Crippen LogP) is 1.22. The topological polar surface area (TPSA) is 105 Å². The Balaban J connectivity index is 2.00. The van der Waals surface area contributed by atoms with Crippen LogP contribution < -0.4 is 10.6 Å². The van der Waals surface area contributed by atoms with Gasteiger partial charge in [-0.3, -0.25) is 19.3 Å². The van der Waals surface area contributed by atoms with Crippen LogP contribution in [0.1, 0.15) is 38.8 Å². The lowest BCUT2D eigenvalue weighted by Crippen LogP contribution is -2.44. The lowest BCUT2D eigenvalue weighted by molar-refractivity contribution is -0.151. The molecule has 0 radical (unpaired) electrons. The largest absolute Gasteiger partial charge is 0.454 e. The molecule has 0 aliphatic carbocycles. The zero-order chi connectivity index (χ0) is 20.4. The predicted molar refractivity (Wildman–Crippen MR) is 97.6 cm³/mol. The van der Waals surface area contributed by atoms with Crippen LogP contribution >= 0.6 is 0 Å². The van der Waals surface area contributed by atoms with Crippen LogP contribution in [-0.4, -0.2) is 47.4 Å². The fraction of sp³-hybridized carbons (Fsp3) is 0.474. The Hall–Kier alpha value is -2.90. The molecule has 146 valence electrons. The summed E-state index contributed by atoms with van der Waals surface area (Å²) in [6.45, 7) is 7.85. The summed E-state index contributed by atoms with van der Waals surface area (Å²) in [7, 11) is 0. The molecular weight excluding hydrogens is 350 g/mol. The van der Waals surface area contributed by atoms with Crippen molar-refractivity contribution in [1.82, 2.24) is 15.5 Å². The molecule has 2 rings (SSSR count). The summed E-state index contributed by atoms with van der Waals surface area (Å²) < 4.78 is 4.87. The molecule has 1 aliphatic heterocycles. The number of nitrogens with zero attached hydrogens (tertiary/aromatic N) is 1. The second-order valence-corrected chi connectivity index (χ2v) is 7.77. The summed E-state index contributed by atoms with van der Waals surface area (Å²) >= 11 is 0. The molecule has 1 saturated heterocycles. The van der Waals surface area contributed by atoms with Crippen molar-refractivity contribution < 1.29 is 23.9 Å². The molecule has 0 bridgehead atoms. The summed E-state index contributed by atoms with van der Waals surface area (Å²) in [5, 5.41) is 5.27. The number of carbonyl (C=O) groups is 4. The Labute approximate surface area is 158 Å². The smallest absolute Gasteiger partial charge is 0.326 e. The third-order valence-corrected chi connectivity index (χ3v) is 4.07. The molecular formula is C19H25N3O5. The SMILES string of the molecule is Cc1ccc([C@@]2(C)NC(=O)N(CC(=O)OCC(=O)NC(C)(C)C)C2=O)cc1. The first-order valence-corrected chi connectivity index (χ1v) is 8.60. The quantitative estimate of drug-likeness (QED) is 0.595. The van der Waals surface area contributed by atoms with Crippen LogP contribution in [0.15, 0.2) is 24.3 Å². The van der Waals surface area contributed by atoms with Crippen LogP contribution in [0.2, 0.25) is 0 Å². The van der Waals surface area contributed by atoms with E-state index in [4.69, 9.17) is 4.74 Å². The summed E-state index contributed by atoms with van der Waals surface area (Å²) in [6.07, 6.45) is 0. The first-order valence-electron chi connectivity index (χ1n) is 8.60. The monoisotopic (exact) mass is 375 g/mol. The van der Waals surface area contributed by atoms with Gasteiger partial charge in [-0.15, -0.1) is 0 Å². The van der Waals surface area contributed by atoms with Crippen molar-refractivity contribution in [1.29, 1.82) is 0 Å². The van der Waals surface area contributed by atoms with E-state index < -0.39 is 48.0 Å². The summed E-state index contributed by atoms with van der Waals surface area (Å²) in [6, 6.07) is 6.51. The molecule has 0 spiro atoms. The minimum absolute atomic E-state index is 0.454. The minimum Gasteiger partial charge on any atom is -0.454 e.